The van der Waals surface area contributed by atoms with Gasteiger partial charge in [-0.3, -0.25) is 4.18 Å². The molecule has 0 aliphatic carbocycles. The SMILES string of the molecule is Cn1cnc2c(C#N)nc(-c3ccc(OCCCOS(C)(=O)=O)c(C(F)(F)F)c3)cc21. The van der Waals surface area contributed by atoms with Gasteiger partial charge in [0.15, 0.2) is 5.69 Å². The highest BCUT2D eigenvalue weighted by atomic mass is 32.2. The number of nitriles is 1. The van der Waals surface area contributed by atoms with Gasteiger partial charge >= 0.3 is 6.18 Å². The number of pyridine rings is 1. The van der Waals surface area contributed by atoms with Crippen LogP contribution in [0, 0.1) is 11.3 Å². The maximum absolute atomic E-state index is 13.6. The van der Waals surface area contributed by atoms with Crippen LogP contribution in [0.2, 0.25) is 0 Å². The van der Waals surface area contributed by atoms with Crippen LogP contribution in [0.15, 0.2) is 30.6 Å². The van der Waals surface area contributed by atoms with Crippen LogP contribution in [0.3, 0.4) is 0 Å². The summed E-state index contributed by atoms with van der Waals surface area (Å²) in [6.45, 7) is -0.375. The summed E-state index contributed by atoms with van der Waals surface area (Å²) in [4.78, 5) is 8.24. The van der Waals surface area contributed by atoms with Crippen LogP contribution in [-0.2, 0) is 27.5 Å². The summed E-state index contributed by atoms with van der Waals surface area (Å²) in [5.41, 5.74) is 0.251. The van der Waals surface area contributed by atoms with Gasteiger partial charge in [-0.1, -0.05) is 0 Å². The summed E-state index contributed by atoms with van der Waals surface area (Å²) in [6.07, 6.45) is -2.26. The molecule has 0 aliphatic heterocycles. The zero-order valence-corrected chi connectivity index (χ0v) is 17.3. The van der Waals surface area contributed by atoms with Crippen molar-refractivity contribution >= 4 is 21.2 Å². The molecule has 0 fully saturated rings. The first-order valence-electron chi connectivity index (χ1n) is 8.90. The Bertz CT molecular complexity index is 1260. The molecule has 0 bridgehead atoms. The molecule has 0 N–H and O–H groups in total. The topological polar surface area (TPSA) is 107 Å². The minimum atomic E-state index is -4.71. The van der Waals surface area contributed by atoms with Crippen molar-refractivity contribution in [3.05, 3.63) is 41.9 Å². The van der Waals surface area contributed by atoms with Crippen molar-refractivity contribution in [2.75, 3.05) is 19.5 Å². The summed E-state index contributed by atoms with van der Waals surface area (Å²) < 4.78 is 74.1. The zero-order valence-electron chi connectivity index (χ0n) is 16.5. The minimum absolute atomic E-state index is 0.00728. The molecule has 0 saturated heterocycles. The molecule has 8 nitrogen and oxygen atoms in total. The molecular formula is C19H17F3N4O4S. The average molecular weight is 454 g/mol. The summed E-state index contributed by atoms with van der Waals surface area (Å²) in [5.74, 6) is -0.405. The molecule has 0 amide bonds. The van der Waals surface area contributed by atoms with E-state index in [4.69, 9.17) is 4.74 Å². The Hall–Kier alpha value is -3.17. The van der Waals surface area contributed by atoms with Gasteiger partial charge in [0.25, 0.3) is 10.1 Å². The lowest BCUT2D eigenvalue weighted by Crippen LogP contribution is -2.12. The van der Waals surface area contributed by atoms with Gasteiger partial charge in [0.1, 0.15) is 17.3 Å². The van der Waals surface area contributed by atoms with Crippen LogP contribution in [0.1, 0.15) is 17.7 Å². The predicted octanol–water partition coefficient (Wildman–Crippen LogP) is 3.27. The number of ether oxygens (including phenoxy) is 1. The smallest absolute Gasteiger partial charge is 0.419 e. The van der Waals surface area contributed by atoms with E-state index in [9.17, 15) is 26.9 Å². The number of hydrogen-bond donors (Lipinski definition) is 0. The van der Waals surface area contributed by atoms with Crippen molar-refractivity contribution in [1.29, 1.82) is 5.26 Å². The monoisotopic (exact) mass is 454 g/mol. The number of rotatable bonds is 7. The van der Waals surface area contributed by atoms with Gasteiger partial charge in [0.05, 0.1) is 42.6 Å². The maximum atomic E-state index is 13.6. The first-order valence-corrected chi connectivity index (χ1v) is 10.7. The lowest BCUT2D eigenvalue weighted by molar-refractivity contribution is -0.138. The molecule has 0 unspecified atom stereocenters. The molecule has 0 atom stereocenters. The van der Waals surface area contributed by atoms with Crippen molar-refractivity contribution in [1.82, 2.24) is 14.5 Å². The first-order chi connectivity index (χ1) is 14.5. The van der Waals surface area contributed by atoms with Gasteiger partial charge in [-0.25, -0.2) is 9.97 Å². The largest absolute Gasteiger partial charge is 0.493 e. The fourth-order valence-corrected chi connectivity index (χ4v) is 3.26. The number of benzene rings is 1. The highest BCUT2D eigenvalue weighted by molar-refractivity contribution is 7.85. The summed E-state index contributed by atoms with van der Waals surface area (Å²) in [5, 5.41) is 9.33. The highest BCUT2D eigenvalue weighted by Crippen LogP contribution is 2.39. The van der Waals surface area contributed by atoms with Gasteiger partial charge in [0.2, 0.25) is 0 Å². The lowest BCUT2D eigenvalue weighted by atomic mass is 10.1. The Balaban J connectivity index is 1.91. The van der Waals surface area contributed by atoms with Crippen LogP contribution in [-0.4, -0.2) is 42.4 Å². The molecule has 2 heterocycles. The van der Waals surface area contributed by atoms with E-state index >= 15 is 0 Å². The lowest BCUT2D eigenvalue weighted by Gasteiger charge is -2.15. The molecule has 3 aromatic rings. The van der Waals surface area contributed by atoms with Crippen molar-refractivity contribution in [3.8, 4) is 23.1 Å². The molecular weight excluding hydrogens is 437 g/mol. The minimum Gasteiger partial charge on any atom is -0.493 e. The first kappa shape index (κ1) is 22.5. The molecule has 2 aromatic heterocycles. The van der Waals surface area contributed by atoms with Crippen LogP contribution in [0.5, 0.6) is 5.75 Å². The number of aryl methyl sites for hydroxylation is 1. The van der Waals surface area contributed by atoms with Gasteiger partial charge < -0.3 is 9.30 Å². The second-order valence-corrected chi connectivity index (χ2v) is 8.27. The van der Waals surface area contributed by atoms with E-state index in [-0.39, 0.29) is 36.6 Å². The number of imidazole rings is 1. The quantitative estimate of drug-likeness (QED) is 0.398. The molecule has 1 aromatic carbocycles. The third-order valence-corrected chi connectivity index (χ3v) is 4.84. The number of nitrogens with zero attached hydrogens (tertiary/aromatic N) is 4. The molecule has 0 saturated carbocycles. The van der Waals surface area contributed by atoms with Crippen LogP contribution < -0.4 is 4.74 Å². The van der Waals surface area contributed by atoms with Gasteiger partial charge in [-0.15, -0.1) is 0 Å². The number of aromatic nitrogens is 3. The van der Waals surface area contributed by atoms with Gasteiger partial charge in [-0.2, -0.15) is 26.9 Å². The van der Waals surface area contributed by atoms with E-state index in [2.05, 4.69) is 14.2 Å². The fraction of sp³-hybridized carbons (Fsp3) is 0.316. The predicted molar refractivity (Wildman–Crippen MR) is 105 cm³/mol. The normalized spacial score (nSPS) is 12.1. The van der Waals surface area contributed by atoms with Crippen LogP contribution in [0.4, 0.5) is 13.2 Å². The third kappa shape index (κ3) is 5.31. The van der Waals surface area contributed by atoms with Crippen LogP contribution in [0.25, 0.3) is 22.3 Å². The van der Waals surface area contributed by atoms with E-state index in [1.165, 1.54) is 12.4 Å². The Morgan fingerprint density at radius 3 is 2.61 bits per heavy atom. The van der Waals surface area contributed by atoms with E-state index < -0.39 is 27.6 Å². The van der Waals surface area contributed by atoms with E-state index in [1.807, 2.05) is 6.07 Å². The number of alkyl halides is 3. The van der Waals surface area contributed by atoms with Gasteiger partial charge in [0, 0.05) is 19.0 Å². The second-order valence-electron chi connectivity index (χ2n) is 6.63. The van der Waals surface area contributed by atoms with Crippen molar-refractivity contribution in [2.24, 2.45) is 7.05 Å². The number of hydrogen-bond acceptors (Lipinski definition) is 7. The summed E-state index contributed by atoms with van der Waals surface area (Å²) >= 11 is 0. The molecule has 0 radical (unpaired) electrons. The molecule has 31 heavy (non-hydrogen) atoms. The highest BCUT2D eigenvalue weighted by Gasteiger charge is 2.35. The molecule has 0 aliphatic rings. The Kier molecular flexibility index (Phi) is 6.19. The molecule has 0 spiro atoms. The molecule has 12 heteroatoms. The van der Waals surface area contributed by atoms with Crippen molar-refractivity contribution in [3.63, 3.8) is 0 Å². The summed E-state index contributed by atoms with van der Waals surface area (Å²) in [6, 6.07) is 6.94. The standard InChI is InChI=1S/C19H17F3N4O4S/c1-26-11-24-18-15(10-23)25-14(9-16(18)26)12-4-5-17(13(8-12)19(20,21)22)29-6-3-7-30-31(2,27)28/h4-5,8-9,11H,3,6-7H2,1-2H3. The van der Waals surface area contributed by atoms with E-state index in [0.717, 1.165) is 18.4 Å². The molecule has 3 rings (SSSR count). The average Bonchev–Trinajstić information content (AvgIpc) is 3.06. The fourth-order valence-electron chi connectivity index (χ4n) is 2.84. The second kappa shape index (κ2) is 8.52. The molecule has 164 valence electrons. The van der Waals surface area contributed by atoms with Crippen LogP contribution >= 0.6 is 0 Å². The summed E-state index contributed by atoms with van der Waals surface area (Å²) in [7, 11) is -1.93. The van der Waals surface area contributed by atoms with Crippen molar-refractivity contribution in [2.45, 2.75) is 12.6 Å². The van der Waals surface area contributed by atoms with Gasteiger partial charge in [-0.05, 0) is 24.3 Å². The third-order valence-electron chi connectivity index (χ3n) is 4.24. The van der Waals surface area contributed by atoms with E-state index in [1.54, 1.807) is 17.7 Å². The maximum Gasteiger partial charge on any atom is 0.419 e. The Labute approximate surface area is 176 Å². The Morgan fingerprint density at radius 2 is 1.97 bits per heavy atom. The van der Waals surface area contributed by atoms with Crippen molar-refractivity contribution < 1.29 is 30.5 Å². The Morgan fingerprint density at radius 1 is 1.23 bits per heavy atom. The van der Waals surface area contributed by atoms with E-state index in [0.29, 0.717) is 11.0 Å². The number of halogens is 3. The number of fused-ring (bicyclic) bond motifs is 1. The zero-order chi connectivity index (χ0) is 22.8.